The molecule has 0 aromatic heterocycles. The van der Waals surface area contributed by atoms with Crippen molar-refractivity contribution in [3.8, 4) is 0 Å². The molecule has 1 saturated heterocycles. The van der Waals surface area contributed by atoms with E-state index in [0.29, 0.717) is 5.41 Å². The van der Waals surface area contributed by atoms with Crippen LogP contribution in [0, 0.1) is 5.41 Å². The molecule has 1 N–H and O–H groups in total. The molecule has 0 aromatic rings. The zero-order valence-electron chi connectivity index (χ0n) is 11.5. The Bertz CT molecular complexity index is 168. The van der Waals surface area contributed by atoms with Gasteiger partial charge in [-0.3, -0.25) is 0 Å². The quantitative estimate of drug-likeness (QED) is 0.718. The number of nitrogens with zero attached hydrogens (tertiary/aromatic N) is 1. The van der Waals surface area contributed by atoms with Crippen LogP contribution in [0.15, 0.2) is 0 Å². The molecule has 0 spiro atoms. The predicted octanol–water partition coefficient (Wildman–Crippen LogP) is 2.89. The SMILES string of the molecule is CCCCN(C)CC1(CCC)CCNCC1. The van der Waals surface area contributed by atoms with Crippen LogP contribution in [0.2, 0.25) is 0 Å². The van der Waals surface area contributed by atoms with E-state index >= 15 is 0 Å². The summed E-state index contributed by atoms with van der Waals surface area (Å²) >= 11 is 0. The van der Waals surface area contributed by atoms with Crippen LogP contribution in [-0.4, -0.2) is 38.1 Å². The second-order valence-electron chi connectivity index (χ2n) is 5.59. The van der Waals surface area contributed by atoms with E-state index in [1.807, 2.05) is 0 Å². The predicted molar refractivity (Wildman–Crippen MR) is 71.8 cm³/mol. The molecule has 0 atom stereocenters. The molecule has 0 amide bonds. The van der Waals surface area contributed by atoms with E-state index < -0.39 is 0 Å². The fraction of sp³-hybridized carbons (Fsp3) is 1.00. The maximum Gasteiger partial charge on any atom is 0.00359 e. The lowest BCUT2D eigenvalue weighted by molar-refractivity contribution is 0.115. The fourth-order valence-electron chi connectivity index (χ4n) is 3.05. The third kappa shape index (κ3) is 4.42. The Morgan fingerprint density at radius 1 is 1.12 bits per heavy atom. The Kier molecular flexibility index (Phi) is 6.37. The van der Waals surface area contributed by atoms with Crippen molar-refractivity contribution in [1.29, 1.82) is 0 Å². The van der Waals surface area contributed by atoms with Crippen molar-refractivity contribution >= 4 is 0 Å². The van der Waals surface area contributed by atoms with E-state index in [0.717, 1.165) is 0 Å². The van der Waals surface area contributed by atoms with E-state index in [1.54, 1.807) is 0 Å². The van der Waals surface area contributed by atoms with Crippen LogP contribution in [0.25, 0.3) is 0 Å². The van der Waals surface area contributed by atoms with Gasteiger partial charge in [-0.25, -0.2) is 0 Å². The maximum atomic E-state index is 3.50. The average Bonchev–Trinajstić information content (AvgIpc) is 2.28. The molecule has 1 rings (SSSR count). The van der Waals surface area contributed by atoms with Crippen LogP contribution in [0.1, 0.15) is 52.4 Å². The first-order chi connectivity index (χ1) is 7.72. The lowest BCUT2D eigenvalue weighted by Crippen LogP contribution is -2.44. The summed E-state index contributed by atoms with van der Waals surface area (Å²) in [6.45, 7) is 9.64. The molecule has 16 heavy (non-hydrogen) atoms. The molecule has 1 aliphatic heterocycles. The number of hydrogen-bond acceptors (Lipinski definition) is 2. The van der Waals surface area contributed by atoms with Crippen molar-refractivity contribution in [2.45, 2.75) is 52.4 Å². The number of piperidine rings is 1. The van der Waals surface area contributed by atoms with Crippen LogP contribution < -0.4 is 5.32 Å². The minimum atomic E-state index is 0.614. The Balaban J connectivity index is 2.42. The van der Waals surface area contributed by atoms with Gasteiger partial charge < -0.3 is 10.2 Å². The first-order valence-corrected chi connectivity index (χ1v) is 7.12. The monoisotopic (exact) mass is 226 g/mol. The Morgan fingerprint density at radius 3 is 2.38 bits per heavy atom. The molecule has 0 unspecified atom stereocenters. The summed E-state index contributed by atoms with van der Waals surface area (Å²) in [5.41, 5.74) is 0.614. The summed E-state index contributed by atoms with van der Waals surface area (Å²) in [6, 6.07) is 0. The third-order valence-corrected chi connectivity index (χ3v) is 3.94. The van der Waals surface area contributed by atoms with Crippen molar-refractivity contribution in [3.63, 3.8) is 0 Å². The molecule has 2 heteroatoms. The zero-order valence-corrected chi connectivity index (χ0v) is 11.5. The minimum Gasteiger partial charge on any atom is -0.317 e. The van der Waals surface area contributed by atoms with E-state index in [2.05, 4.69) is 31.1 Å². The molecule has 0 radical (unpaired) electrons. The van der Waals surface area contributed by atoms with Crippen LogP contribution in [0.4, 0.5) is 0 Å². The van der Waals surface area contributed by atoms with Crippen LogP contribution in [0.5, 0.6) is 0 Å². The smallest absolute Gasteiger partial charge is 0.00359 e. The largest absolute Gasteiger partial charge is 0.317 e. The van der Waals surface area contributed by atoms with Gasteiger partial charge in [0.2, 0.25) is 0 Å². The molecule has 1 fully saturated rings. The average molecular weight is 226 g/mol. The third-order valence-electron chi connectivity index (χ3n) is 3.94. The Labute approximate surface area is 102 Å². The maximum absolute atomic E-state index is 3.50. The topological polar surface area (TPSA) is 15.3 Å². The van der Waals surface area contributed by atoms with Gasteiger partial charge >= 0.3 is 0 Å². The summed E-state index contributed by atoms with van der Waals surface area (Å²) < 4.78 is 0. The van der Waals surface area contributed by atoms with Gasteiger partial charge in [0.25, 0.3) is 0 Å². The number of rotatable bonds is 7. The Hall–Kier alpha value is -0.0800. The zero-order chi connectivity index (χ0) is 11.9. The number of hydrogen-bond donors (Lipinski definition) is 1. The molecule has 0 aromatic carbocycles. The van der Waals surface area contributed by atoms with Gasteiger partial charge in [-0.05, 0) is 57.8 Å². The molecule has 0 bridgehead atoms. The highest BCUT2D eigenvalue weighted by Crippen LogP contribution is 2.34. The number of nitrogens with one attached hydrogen (secondary N) is 1. The highest BCUT2D eigenvalue weighted by atomic mass is 15.1. The molecule has 96 valence electrons. The first kappa shape index (κ1) is 14.0. The molecule has 0 aliphatic carbocycles. The minimum absolute atomic E-state index is 0.614. The normalized spacial score (nSPS) is 20.2. The van der Waals surface area contributed by atoms with E-state index in [1.165, 1.54) is 64.7 Å². The van der Waals surface area contributed by atoms with Gasteiger partial charge in [0.1, 0.15) is 0 Å². The van der Waals surface area contributed by atoms with Gasteiger partial charge in [-0.1, -0.05) is 26.7 Å². The van der Waals surface area contributed by atoms with Crippen LogP contribution >= 0.6 is 0 Å². The van der Waals surface area contributed by atoms with Gasteiger partial charge in [-0.2, -0.15) is 0 Å². The molecule has 2 nitrogen and oxygen atoms in total. The lowest BCUT2D eigenvalue weighted by atomic mass is 9.75. The second-order valence-corrected chi connectivity index (χ2v) is 5.59. The number of unbranched alkanes of at least 4 members (excludes halogenated alkanes) is 1. The second kappa shape index (κ2) is 7.29. The molecule has 0 saturated carbocycles. The van der Waals surface area contributed by atoms with Crippen molar-refractivity contribution < 1.29 is 0 Å². The molecular weight excluding hydrogens is 196 g/mol. The van der Waals surface area contributed by atoms with E-state index in [9.17, 15) is 0 Å². The fourth-order valence-corrected chi connectivity index (χ4v) is 3.05. The Morgan fingerprint density at radius 2 is 1.81 bits per heavy atom. The summed E-state index contributed by atoms with van der Waals surface area (Å²) in [5.74, 6) is 0. The van der Waals surface area contributed by atoms with Crippen LogP contribution in [-0.2, 0) is 0 Å². The van der Waals surface area contributed by atoms with E-state index in [4.69, 9.17) is 0 Å². The van der Waals surface area contributed by atoms with Crippen molar-refractivity contribution in [3.05, 3.63) is 0 Å². The van der Waals surface area contributed by atoms with E-state index in [-0.39, 0.29) is 0 Å². The van der Waals surface area contributed by atoms with Crippen molar-refractivity contribution in [2.75, 3.05) is 33.2 Å². The molecule has 1 aliphatic rings. The standard InChI is InChI=1S/C14H30N2/c1-4-6-12-16(3)13-14(7-5-2)8-10-15-11-9-14/h15H,4-13H2,1-3H3. The van der Waals surface area contributed by atoms with Crippen LogP contribution in [0.3, 0.4) is 0 Å². The molecule has 1 heterocycles. The highest BCUT2D eigenvalue weighted by molar-refractivity contribution is 4.86. The van der Waals surface area contributed by atoms with Gasteiger partial charge in [0.05, 0.1) is 0 Å². The summed E-state index contributed by atoms with van der Waals surface area (Å²) in [5, 5.41) is 3.50. The first-order valence-electron chi connectivity index (χ1n) is 7.12. The van der Waals surface area contributed by atoms with Gasteiger partial charge in [0, 0.05) is 6.54 Å². The van der Waals surface area contributed by atoms with Gasteiger partial charge in [-0.15, -0.1) is 0 Å². The van der Waals surface area contributed by atoms with Crippen molar-refractivity contribution in [1.82, 2.24) is 10.2 Å². The van der Waals surface area contributed by atoms with Gasteiger partial charge in [0.15, 0.2) is 0 Å². The van der Waals surface area contributed by atoms with Crippen molar-refractivity contribution in [2.24, 2.45) is 5.41 Å². The summed E-state index contributed by atoms with van der Waals surface area (Å²) in [6.07, 6.45) is 8.14. The summed E-state index contributed by atoms with van der Waals surface area (Å²) in [4.78, 5) is 2.56. The summed E-state index contributed by atoms with van der Waals surface area (Å²) in [7, 11) is 2.30. The highest BCUT2D eigenvalue weighted by Gasteiger charge is 2.31. The molecular formula is C14H30N2. The lowest BCUT2D eigenvalue weighted by Gasteiger charge is -2.40.